The lowest BCUT2D eigenvalue weighted by atomic mass is 9.98. The van der Waals surface area contributed by atoms with Crippen molar-refractivity contribution in [3.8, 4) is 0 Å². The van der Waals surface area contributed by atoms with E-state index in [1.807, 2.05) is 38.1 Å². The smallest absolute Gasteiger partial charge is 0.328 e. The van der Waals surface area contributed by atoms with Crippen LogP contribution in [0.3, 0.4) is 0 Å². The molecule has 20 heavy (non-hydrogen) atoms. The molecule has 0 saturated heterocycles. The molecular formula is C15H20N2O3. The summed E-state index contributed by atoms with van der Waals surface area (Å²) in [6.07, 6.45) is 0. The molecular weight excluding hydrogens is 256 g/mol. The highest BCUT2D eigenvalue weighted by Gasteiger charge is 2.32. The van der Waals surface area contributed by atoms with E-state index in [1.54, 1.807) is 0 Å². The molecule has 1 unspecified atom stereocenters. The van der Waals surface area contributed by atoms with E-state index < -0.39 is 12.0 Å². The number of anilines is 1. The average Bonchev–Trinajstić information content (AvgIpc) is 2.87. The second kappa shape index (κ2) is 5.94. The molecule has 108 valence electrons. The Morgan fingerprint density at radius 2 is 2.05 bits per heavy atom. The molecule has 0 fully saturated rings. The maximum atomic E-state index is 12.4. The number of ether oxygens (including phenoxy) is 1. The zero-order valence-corrected chi connectivity index (χ0v) is 12.0. The van der Waals surface area contributed by atoms with Gasteiger partial charge in [0.05, 0.1) is 13.0 Å². The minimum Gasteiger partial charge on any atom is -0.467 e. The molecule has 0 saturated carbocycles. The Balaban J connectivity index is 2.11. The van der Waals surface area contributed by atoms with Crippen LogP contribution in [-0.4, -0.2) is 31.6 Å². The van der Waals surface area contributed by atoms with Gasteiger partial charge in [0.2, 0.25) is 5.91 Å². The lowest BCUT2D eigenvalue weighted by Gasteiger charge is -2.21. The van der Waals surface area contributed by atoms with Crippen LogP contribution in [-0.2, 0) is 14.3 Å². The monoisotopic (exact) mass is 276 g/mol. The van der Waals surface area contributed by atoms with Crippen LogP contribution in [0, 0.1) is 5.92 Å². The second-order valence-corrected chi connectivity index (χ2v) is 5.27. The maximum absolute atomic E-state index is 12.4. The molecule has 1 amide bonds. The Morgan fingerprint density at radius 3 is 2.70 bits per heavy atom. The van der Waals surface area contributed by atoms with Crippen LogP contribution >= 0.6 is 0 Å². The van der Waals surface area contributed by atoms with Gasteiger partial charge in [-0.25, -0.2) is 4.79 Å². The van der Waals surface area contributed by atoms with Crippen molar-refractivity contribution >= 4 is 17.6 Å². The largest absolute Gasteiger partial charge is 0.467 e. The summed E-state index contributed by atoms with van der Waals surface area (Å²) in [6, 6.07) is 7.11. The van der Waals surface area contributed by atoms with Gasteiger partial charge in [0.15, 0.2) is 0 Å². The fourth-order valence-electron chi connectivity index (χ4n) is 2.40. The van der Waals surface area contributed by atoms with Crippen molar-refractivity contribution in [3.63, 3.8) is 0 Å². The molecule has 0 aliphatic carbocycles. The quantitative estimate of drug-likeness (QED) is 0.818. The average molecular weight is 276 g/mol. The van der Waals surface area contributed by atoms with Crippen LogP contribution in [0.2, 0.25) is 0 Å². The van der Waals surface area contributed by atoms with Gasteiger partial charge in [-0.05, 0) is 17.5 Å². The van der Waals surface area contributed by atoms with E-state index in [0.717, 1.165) is 11.3 Å². The number of carbonyl (C=O) groups is 2. The Bertz CT molecular complexity index is 514. The molecule has 2 rings (SSSR count). The molecule has 1 aliphatic rings. The highest BCUT2D eigenvalue weighted by atomic mass is 16.5. The summed E-state index contributed by atoms with van der Waals surface area (Å²) in [7, 11) is 1.33. The van der Waals surface area contributed by atoms with Crippen molar-refractivity contribution in [2.24, 2.45) is 5.92 Å². The number of nitrogens with one attached hydrogen (secondary N) is 2. The molecule has 5 nitrogen and oxygen atoms in total. The van der Waals surface area contributed by atoms with Gasteiger partial charge in [-0.2, -0.15) is 0 Å². The maximum Gasteiger partial charge on any atom is 0.328 e. The van der Waals surface area contributed by atoms with E-state index in [2.05, 4.69) is 10.6 Å². The number of hydrogen-bond acceptors (Lipinski definition) is 4. The number of benzene rings is 1. The van der Waals surface area contributed by atoms with Crippen molar-refractivity contribution in [1.82, 2.24) is 5.32 Å². The zero-order chi connectivity index (χ0) is 14.7. The minimum absolute atomic E-state index is 0.0176. The first-order valence-electron chi connectivity index (χ1n) is 6.75. The third-order valence-corrected chi connectivity index (χ3v) is 3.57. The standard InChI is InChI=1S/C15H20N2O3/c1-9(2)13(15(19)20-3)17-14(18)11-8-16-12-7-5-4-6-10(11)12/h4-7,9,11,13,16H,8H2,1-3H3,(H,17,18)/t11?,13-/m0/s1. The fourth-order valence-corrected chi connectivity index (χ4v) is 2.40. The molecule has 1 aliphatic heterocycles. The third kappa shape index (κ3) is 2.76. The summed E-state index contributed by atoms with van der Waals surface area (Å²) in [4.78, 5) is 24.1. The van der Waals surface area contributed by atoms with Gasteiger partial charge in [-0.15, -0.1) is 0 Å². The van der Waals surface area contributed by atoms with Crippen LogP contribution in [0.4, 0.5) is 5.69 Å². The number of amides is 1. The van der Waals surface area contributed by atoms with Crippen molar-refractivity contribution in [3.05, 3.63) is 29.8 Å². The minimum atomic E-state index is -0.611. The Morgan fingerprint density at radius 1 is 1.35 bits per heavy atom. The number of carbonyl (C=O) groups excluding carboxylic acids is 2. The van der Waals surface area contributed by atoms with Gasteiger partial charge in [0, 0.05) is 12.2 Å². The lowest BCUT2D eigenvalue weighted by molar-refractivity contribution is -0.146. The fraction of sp³-hybridized carbons (Fsp3) is 0.467. The number of esters is 1. The lowest BCUT2D eigenvalue weighted by Crippen LogP contribution is -2.47. The van der Waals surface area contributed by atoms with E-state index >= 15 is 0 Å². The first kappa shape index (κ1) is 14.4. The van der Waals surface area contributed by atoms with Crippen LogP contribution in [0.1, 0.15) is 25.3 Å². The number of rotatable bonds is 4. The van der Waals surface area contributed by atoms with E-state index in [4.69, 9.17) is 4.74 Å². The van der Waals surface area contributed by atoms with Crippen molar-refractivity contribution in [1.29, 1.82) is 0 Å². The molecule has 0 spiro atoms. The number of methoxy groups -OCH3 is 1. The highest BCUT2D eigenvalue weighted by Crippen LogP contribution is 2.31. The van der Waals surface area contributed by atoms with Gasteiger partial charge < -0.3 is 15.4 Å². The number of para-hydroxylation sites is 1. The topological polar surface area (TPSA) is 67.4 Å². The van der Waals surface area contributed by atoms with Gasteiger partial charge >= 0.3 is 5.97 Å². The normalized spacial score (nSPS) is 18.1. The van der Waals surface area contributed by atoms with Crippen molar-refractivity contribution < 1.29 is 14.3 Å². The zero-order valence-electron chi connectivity index (χ0n) is 12.0. The molecule has 0 bridgehead atoms. The van der Waals surface area contributed by atoms with Crippen molar-refractivity contribution in [2.45, 2.75) is 25.8 Å². The molecule has 1 aromatic carbocycles. The molecule has 0 aromatic heterocycles. The van der Waals surface area contributed by atoms with Gasteiger partial charge in [-0.1, -0.05) is 32.0 Å². The van der Waals surface area contributed by atoms with E-state index in [9.17, 15) is 9.59 Å². The number of hydrogen-bond donors (Lipinski definition) is 2. The summed E-state index contributed by atoms with van der Waals surface area (Å²) in [5.41, 5.74) is 1.95. The van der Waals surface area contributed by atoms with Crippen LogP contribution < -0.4 is 10.6 Å². The summed E-state index contributed by atoms with van der Waals surface area (Å²) >= 11 is 0. The van der Waals surface area contributed by atoms with E-state index in [1.165, 1.54) is 7.11 Å². The Labute approximate surface area is 118 Å². The summed E-state index contributed by atoms with van der Waals surface area (Å²) in [6.45, 7) is 4.31. The summed E-state index contributed by atoms with van der Waals surface area (Å²) in [5, 5.41) is 6.00. The summed E-state index contributed by atoms with van der Waals surface area (Å²) < 4.78 is 4.74. The first-order chi connectivity index (χ1) is 9.54. The predicted molar refractivity (Wildman–Crippen MR) is 76.5 cm³/mol. The first-order valence-corrected chi connectivity index (χ1v) is 6.75. The molecule has 2 atom stereocenters. The molecule has 1 aromatic rings. The van der Waals surface area contributed by atoms with Crippen molar-refractivity contribution in [2.75, 3.05) is 19.0 Å². The van der Waals surface area contributed by atoms with Crippen LogP contribution in [0.25, 0.3) is 0 Å². The SMILES string of the molecule is COC(=O)[C@@H](NC(=O)C1CNc2ccccc21)C(C)C. The molecule has 5 heteroatoms. The molecule has 2 N–H and O–H groups in total. The Kier molecular flexibility index (Phi) is 4.27. The predicted octanol–water partition coefficient (Wildman–Crippen LogP) is 1.51. The highest BCUT2D eigenvalue weighted by molar-refractivity contribution is 5.91. The Hall–Kier alpha value is -2.04. The van der Waals surface area contributed by atoms with Gasteiger partial charge in [0.25, 0.3) is 0 Å². The van der Waals surface area contributed by atoms with E-state index in [-0.39, 0.29) is 17.7 Å². The van der Waals surface area contributed by atoms with Crippen LogP contribution in [0.5, 0.6) is 0 Å². The second-order valence-electron chi connectivity index (χ2n) is 5.27. The molecule has 0 radical (unpaired) electrons. The summed E-state index contributed by atoms with van der Waals surface area (Å²) in [5.74, 6) is -0.841. The van der Waals surface area contributed by atoms with E-state index in [0.29, 0.717) is 6.54 Å². The van der Waals surface area contributed by atoms with Gasteiger partial charge in [-0.3, -0.25) is 4.79 Å². The van der Waals surface area contributed by atoms with Gasteiger partial charge in [0.1, 0.15) is 6.04 Å². The molecule has 1 heterocycles. The van der Waals surface area contributed by atoms with Crippen LogP contribution in [0.15, 0.2) is 24.3 Å². The third-order valence-electron chi connectivity index (χ3n) is 3.57. The number of fused-ring (bicyclic) bond motifs is 1.